The Morgan fingerprint density at radius 1 is 1.21 bits per heavy atom. The van der Waals surface area contributed by atoms with Crippen LogP contribution in [0.3, 0.4) is 0 Å². The van der Waals surface area contributed by atoms with Crippen LogP contribution in [-0.2, 0) is 4.79 Å². The van der Waals surface area contributed by atoms with Gasteiger partial charge in [-0.05, 0) is 57.6 Å². The average molecular weight is 454 g/mol. The third-order valence-corrected chi connectivity index (χ3v) is 5.40. The molecule has 8 nitrogen and oxygen atoms in total. The van der Waals surface area contributed by atoms with Crippen molar-refractivity contribution in [2.45, 2.75) is 45.6 Å². The number of nitrogens with zero attached hydrogens (tertiary/aromatic N) is 3. The molecule has 33 heavy (non-hydrogen) atoms. The predicted octanol–water partition coefficient (Wildman–Crippen LogP) is 4.73. The number of fused-ring (bicyclic) bond motifs is 1. The van der Waals surface area contributed by atoms with Crippen molar-refractivity contribution in [3.63, 3.8) is 0 Å². The van der Waals surface area contributed by atoms with Crippen LogP contribution < -0.4 is 14.8 Å². The van der Waals surface area contributed by atoms with E-state index in [9.17, 15) is 4.79 Å². The Kier molecular flexibility index (Phi) is 8.65. The van der Waals surface area contributed by atoms with Crippen molar-refractivity contribution in [3.8, 4) is 22.8 Å². The lowest BCUT2D eigenvalue weighted by Gasteiger charge is -2.13. The monoisotopic (exact) mass is 453 g/mol. The lowest BCUT2D eigenvalue weighted by atomic mass is 10.1. The van der Waals surface area contributed by atoms with Gasteiger partial charge >= 0.3 is 0 Å². The van der Waals surface area contributed by atoms with Gasteiger partial charge < -0.3 is 24.7 Å². The average Bonchev–Trinajstić information content (AvgIpc) is 3.75. The maximum Gasteiger partial charge on any atom is 0.224 e. The Hall–Kier alpha value is -3.13. The van der Waals surface area contributed by atoms with Crippen molar-refractivity contribution >= 4 is 23.3 Å². The Balaban J connectivity index is 0.000000287. The number of rotatable bonds is 7. The zero-order valence-corrected chi connectivity index (χ0v) is 20.2. The molecule has 2 aliphatic carbocycles. The molecule has 3 aromatic rings. The number of amides is 1. The number of carbonyl (C=O) groups is 1. The molecule has 8 heteroatoms. The summed E-state index contributed by atoms with van der Waals surface area (Å²) in [6.45, 7) is 5.54. The highest BCUT2D eigenvalue weighted by atomic mass is 16.5. The third kappa shape index (κ3) is 7.18. The van der Waals surface area contributed by atoms with E-state index in [-0.39, 0.29) is 6.10 Å². The van der Waals surface area contributed by atoms with Crippen LogP contribution in [0.25, 0.3) is 22.2 Å². The maximum atomic E-state index is 10.6. The summed E-state index contributed by atoms with van der Waals surface area (Å²) in [7, 11) is 5.70. The zero-order chi connectivity index (χ0) is 23.8. The van der Waals surface area contributed by atoms with E-state index in [1.165, 1.54) is 12.8 Å². The summed E-state index contributed by atoms with van der Waals surface area (Å²) in [5.74, 6) is 2.82. The number of hydrogen-bond donors (Lipinski definition) is 2. The Morgan fingerprint density at radius 2 is 1.91 bits per heavy atom. The molecule has 1 amide bonds. The van der Waals surface area contributed by atoms with Gasteiger partial charge in [-0.25, -0.2) is 9.97 Å². The fourth-order valence-corrected chi connectivity index (χ4v) is 2.81. The molecule has 0 aliphatic heterocycles. The number of aromatic nitrogens is 3. The Bertz CT molecular complexity index is 1040. The van der Waals surface area contributed by atoms with Gasteiger partial charge in [-0.1, -0.05) is 26.7 Å². The summed E-state index contributed by atoms with van der Waals surface area (Å²) in [6.07, 6.45) is 9.51. The largest absolute Gasteiger partial charge is 0.490 e. The second-order valence-electron chi connectivity index (χ2n) is 8.65. The summed E-state index contributed by atoms with van der Waals surface area (Å²) in [5.41, 5.74) is 2.37. The molecule has 178 valence electrons. The maximum absolute atomic E-state index is 10.6. The van der Waals surface area contributed by atoms with Crippen LogP contribution in [-0.4, -0.2) is 60.1 Å². The van der Waals surface area contributed by atoms with Gasteiger partial charge in [-0.3, -0.25) is 4.79 Å². The first-order valence-corrected chi connectivity index (χ1v) is 11.5. The molecular weight excluding hydrogens is 418 g/mol. The molecule has 0 aromatic carbocycles. The molecule has 3 heterocycles. The molecule has 0 unspecified atom stereocenters. The molecule has 0 radical (unpaired) electrons. The minimum atomic E-state index is 0.266. The minimum absolute atomic E-state index is 0.266. The highest BCUT2D eigenvalue weighted by molar-refractivity contribution is 5.97. The highest BCUT2D eigenvalue weighted by Crippen LogP contribution is 2.42. The number of hydrogen-bond acceptors (Lipinski definition) is 6. The van der Waals surface area contributed by atoms with E-state index in [0.717, 1.165) is 47.6 Å². The van der Waals surface area contributed by atoms with Crippen LogP contribution in [0.1, 0.15) is 39.5 Å². The third-order valence-electron chi connectivity index (χ3n) is 5.40. The van der Waals surface area contributed by atoms with E-state index >= 15 is 0 Å². The predicted molar refractivity (Wildman–Crippen MR) is 132 cm³/mol. The van der Waals surface area contributed by atoms with Crippen molar-refractivity contribution in [2.75, 3.05) is 33.1 Å². The van der Waals surface area contributed by atoms with Gasteiger partial charge in [0.15, 0.2) is 0 Å². The molecular formula is C25H35N5O3. The summed E-state index contributed by atoms with van der Waals surface area (Å²) < 4.78 is 11.5. The molecule has 2 fully saturated rings. The second kappa shape index (κ2) is 11.7. The first-order valence-electron chi connectivity index (χ1n) is 11.5. The molecule has 3 aromatic heterocycles. The summed E-state index contributed by atoms with van der Waals surface area (Å²) >= 11 is 0. The lowest BCUT2D eigenvalue weighted by molar-refractivity contribution is -0.105. The van der Waals surface area contributed by atoms with Gasteiger partial charge in [0.2, 0.25) is 12.3 Å². The van der Waals surface area contributed by atoms with Gasteiger partial charge in [0.05, 0.1) is 18.8 Å². The van der Waals surface area contributed by atoms with E-state index in [1.54, 1.807) is 19.4 Å². The first kappa shape index (κ1) is 24.5. The standard InChI is InChI=1S/C17H16N4O3.C4H11N.C4H8/c1-23-17-15(13(6-7-18-17)24-10-2-3-10)12-8-19-16-11(12)4-5-14(21-16)20-9-22;1-4-5(2)3;1-4-2-3-4/h4-10H,2-3H2,1H3,(H2,19,20,21,22);4H2,1-3H3;4H,2-3H2,1H3. The number of carbonyl (C=O) groups excluding carboxylic acids is 1. The molecule has 0 saturated heterocycles. The molecule has 0 atom stereocenters. The number of methoxy groups -OCH3 is 1. The van der Waals surface area contributed by atoms with Crippen LogP contribution >= 0.6 is 0 Å². The topological polar surface area (TPSA) is 92.4 Å². The summed E-state index contributed by atoms with van der Waals surface area (Å²) in [4.78, 5) is 24.5. The van der Waals surface area contributed by atoms with Crippen LogP contribution in [0.2, 0.25) is 0 Å². The molecule has 2 aliphatic rings. The first-order chi connectivity index (χ1) is 16.0. The van der Waals surface area contributed by atoms with Crippen LogP contribution in [0.15, 0.2) is 30.6 Å². The van der Waals surface area contributed by atoms with E-state index in [4.69, 9.17) is 9.47 Å². The number of H-pyrrole nitrogens is 1. The molecule has 0 spiro atoms. The minimum Gasteiger partial charge on any atom is -0.490 e. The normalized spacial score (nSPS) is 14.6. The summed E-state index contributed by atoms with van der Waals surface area (Å²) in [6, 6.07) is 5.50. The van der Waals surface area contributed by atoms with Crippen LogP contribution in [0.5, 0.6) is 11.6 Å². The molecule has 5 rings (SSSR count). The van der Waals surface area contributed by atoms with E-state index < -0.39 is 0 Å². The van der Waals surface area contributed by atoms with Gasteiger partial charge in [0.1, 0.15) is 17.2 Å². The van der Waals surface area contributed by atoms with Crippen molar-refractivity contribution < 1.29 is 14.3 Å². The molecule has 2 N–H and O–H groups in total. The SMILES string of the molecule is CC1CC1.CCN(C)C.COc1nccc(OC2CC2)c1-c1c[nH]c2nc(NC=O)ccc12. The van der Waals surface area contributed by atoms with Crippen LogP contribution in [0, 0.1) is 5.92 Å². The quantitative estimate of drug-likeness (QED) is 0.503. The smallest absolute Gasteiger partial charge is 0.224 e. The van der Waals surface area contributed by atoms with E-state index in [0.29, 0.717) is 23.8 Å². The van der Waals surface area contributed by atoms with E-state index in [2.05, 4.69) is 53.1 Å². The van der Waals surface area contributed by atoms with Gasteiger partial charge in [-0.15, -0.1) is 0 Å². The molecule has 0 bridgehead atoms. The Labute approximate surface area is 195 Å². The van der Waals surface area contributed by atoms with Crippen molar-refractivity contribution in [3.05, 3.63) is 30.6 Å². The van der Waals surface area contributed by atoms with Crippen molar-refractivity contribution in [1.82, 2.24) is 19.9 Å². The highest BCUT2D eigenvalue weighted by Gasteiger charge is 2.27. The van der Waals surface area contributed by atoms with Gasteiger partial charge in [0, 0.05) is 23.3 Å². The molecule has 2 saturated carbocycles. The summed E-state index contributed by atoms with van der Waals surface area (Å²) in [5, 5.41) is 3.44. The van der Waals surface area contributed by atoms with Gasteiger partial charge in [-0.2, -0.15) is 0 Å². The van der Waals surface area contributed by atoms with Crippen molar-refractivity contribution in [1.29, 1.82) is 0 Å². The van der Waals surface area contributed by atoms with Crippen LogP contribution in [0.4, 0.5) is 5.82 Å². The zero-order valence-electron chi connectivity index (χ0n) is 20.2. The van der Waals surface area contributed by atoms with Gasteiger partial charge in [0.25, 0.3) is 0 Å². The van der Waals surface area contributed by atoms with Crippen molar-refractivity contribution in [2.24, 2.45) is 5.92 Å². The number of anilines is 1. The number of pyridine rings is 2. The lowest BCUT2D eigenvalue weighted by Crippen LogP contribution is -2.08. The number of aromatic amines is 1. The Morgan fingerprint density at radius 3 is 2.45 bits per heavy atom. The van der Waals surface area contributed by atoms with E-state index in [1.807, 2.05) is 18.3 Å². The fraction of sp³-hybridized carbons (Fsp3) is 0.480. The fourth-order valence-electron chi connectivity index (χ4n) is 2.81. The number of ether oxygens (including phenoxy) is 2. The second-order valence-corrected chi connectivity index (χ2v) is 8.65. The number of nitrogens with one attached hydrogen (secondary N) is 2.